The second kappa shape index (κ2) is 7.67. The van der Waals surface area contributed by atoms with Crippen LogP contribution in [0.15, 0.2) is 15.3 Å². The number of aryl methyl sites for hydroxylation is 1. The van der Waals surface area contributed by atoms with Crippen LogP contribution in [-0.4, -0.2) is 49.7 Å². The van der Waals surface area contributed by atoms with E-state index >= 15 is 0 Å². The van der Waals surface area contributed by atoms with Crippen molar-refractivity contribution in [1.29, 1.82) is 0 Å². The van der Waals surface area contributed by atoms with Crippen molar-refractivity contribution < 1.29 is 17.6 Å². The van der Waals surface area contributed by atoms with E-state index in [9.17, 15) is 18.0 Å². The zero-order chi connectivity index (χ0) is 18.8. The summed E-state index contributed by atoms with van der Waals surface area (Å²) in [6, 6.07) is 1.75. The summed E-state index contributed by atoms with van der Waals surface area (Å²) in [6.45, 7) is 6.34. The van der Waals surface area contributed by atoms with Crippen molar-refractivity contribution in [3.8, 4) is 0 Å². The molecule has 2 rings (SSSR count). The van der Waals surface area contributed by atoms with Crippen LogP contribution in [0.4, 0.5) is 0 Å². The number of amides is 1. The van der Waals surface area contributed by atoms with Gasteiger partial charge in [0.15, 0.2) is 0 Å². The molecule has 140 valence electrons. The minimum Gasteiger partial charge on any atom is -0.427 e. The summed E-state index contributed by atoms with van der Waals surface area (Å²) in [7, 11) is -3.76. The van der Waals surface area contributed by atoms with Gasteiger partial charge in [-0.25, -0.2) is 9.93 Å². The lowest BCUT2D eigenvalue weighted by Crippen LogP contribution is -2.52. The standard InChI is InChI=1S/C16H25N3O5S/c1-4-5-11(2)13-10-12(3)14(16(21)24-13)15(20)18-6-8-19(9-7-18)25(17,22)23/h10-11H,4-9H2,1-3H3,(H2,17,22,23). The minimum atomic E-state index is -3.76. The maximum absolute atomic E-state index is 12.7. The van der Waals surface area contributed by atoms with Crippen molar-refractivity contribution in [2.24, 2.45) is 5.14 Å². The predicted molar refractivity (Wildman–Crippen MR) is 93.6 cm³/mol. The molecule has 1 aliphatic rings. The van der Waals surface area contributed by atoms with E-state index in [4.69, 9.17) is 9.56 Å². The summed E-state index contributed by atoms with van der Waals surface area (Å²) >= 11 is 0. The Morgan fingerprint density at radius 2 is 1.92 bits per heavy atom. The molecular weight excluding hydrogens is 346 g/mol. The van der Waals surface area contributed by atoms with E-state index in [1.165, 1.54) is 4.90 Å². The number of carbonyl (C=O) groups excluding carboxylic acids is 1. The van der Waals surface area contributed by atoms with Gasteiger partial charge in [-0.2, -0.15) is 12.7 Å². The topological polar surface area (TPSA) is 114 Å². The molecule has 1 aromatic heterocycles. The molecule has 2 N–H and O–H groups in total. The molecule has 1 fully saturated rings. The second-order valence-corrected chi connectivity index (χ2v) is 7.97. The first-order chi connectivity index (χ1) is 11.6. The number of carbonyl (C=O) groups is 1. The number of rotatable bonds is 5. The third-order valence-electron chi connectivity index (χ3n) is 4.47. The molecule has 0 bridgehead atoms. The summed E-state index contributed by atoms with van der Waals surface area (Å²) in [4.78, 5) is 26.5. The van der Waals surface area contributed by atoms with Crippen LogP contribution in [0.2, 0.25) is 0 Å². The fourth-order valence-corrected chi connectivity index (χ4v) is 3.68. The molecule has 1 unspecified atom stereocenters. The summed E-state index contributed by atoms with van der Waals surface area (Å²) in [5.74, 6) is 0.258. The average molecular weight is 371 g/mol. The van der Waals surface area contributed by atoms with Gasteiger partial charge in [-0.3, -0.25) is 4.79 Å². The highest BCUT2D eigenvalue weighted by Gasteiger charge is 2.29. The van der Waals surface area contributed by atoms with Crippen LogP contribution in [0.3, 0.4) is 0 Å². The largest absolute Gasteiger partial charge is 0.427 e. The SMILES string of the molecule is CCCC(C)c1cc(C)c(C(=O)N2CCN(S(N)(=O)=O)CC2)c(=O)o1. The average Bonchev–Trinajstić information content (AvgIpc) is 2.53. The predicted octanol–water partition coefficient (Wildman–Crippen LogP) is 0.813. The van der Waals surface area contributed by atoms with Gasteiger partial charge in [0.2, 0.25) is 0 Å². The van der Waals surface area contributed by atoms with Crippen molar-refractivity contribution in [2.75, 3.05) is 26.2 Å². The fourth-order valence-electron chi connectivity index (χ4n) is 3.01. The highest BCUT2D eigenvalue weighted by Crippen LogP contribution is 2.21. The normalized spacial score (nSPS) is 17.5. The Balaban J connectivity index is 2.19. The highest BCUT2D eigenvalue weighted by atomic mass is 32.2. The van der Waals surface area contributed by atoms with Crippen LogP contribution in [0.5, 0.6) is 0 Å². The Kier molecular flexibility index (Phi) is 6.02. The number of hydrogen-bond acceptors (Lipinski definition) is 5. The van der Waals surface area contributed by atoms with Crippen LogP contribution < -0.4 is 10.8 Å². The zero-order valence-corrected chi connectivity index (χ0v) is 15.6. The number of hydrogen-bond donors (Lipinski definition) is 1. The molecule has 1 saturated heterocycles. The molecule has 0 saturated carbocycles. The number of nitrogens with zero attached hydrogens (tertiary/aromatic N) is 2. The molecule has 0 radical (unpaired) electrons. The van der Waals surface area contributed by atoms with Crippen LogP contribution in [0.25, 0.3) is 0 Å². The molecule has 9 heteroatoms. The molecular formula is C16H25N3O5S. The Hall–Kier alpha value is -1.71. The monoisotopic (exact) mass is 371 g/mol. The zero-order valence-electron chi connectivity index (χ0n) is 14.8. The van der Waals surface area contributed by atoms with Gasteiger partial charge in [0.05, 0.1) is 0 Å². The van der Waals surface area contributed by atoms with E-state index in [2.05, 4.69) is 6.92 Å². The molecule has 1 aliphatic heterocycles. The molecule has 0 aliphatic carbocycles. The van der Waals surface area contributed by atoms with Crippen molar-refractivity contribution in [1.82, 2.24) is 9.21 Å². The molecule has 8 nitrogen and oxygen atoms in total. The lowest BCUT2D eigenvalue weighted by Gasteiger charge is -2.33. The van der Waals surface area contributed by atoms with Gasteiger partial charge >= 0.3 is 5.63 Å². The van der Waals surface area contributed by atoms with Gasteiger partial charge in [-0.15, -0.1) is 0 Å². The lowest BCUT2D eigenvalue weighted by molar-refractivity contribution is 0.0691. The Morgan fingerprint density at radius 1 is 1.32 bits per heavy atom. The van der Waals surface area contributed by atoms with Crippen LogP contribution in [-0.2, 0) is 10.2 Å². The van der Waals surface area contributed by atoms with Gasteiger partial charge in [0.25, 0.3) is 16.1 Å². The van der Waals surface area contributed by atoms with Crippen molar-refractivity contribution in [2.45, 2.75) is 39.5 Å². The van der Waals surface area contributed by atoms with Crippen LogP contribution in [0.1, 0.15) is 54.3 Å². The van der Waals surface area contributed by atoms with Gasteiger partial charge in [-0.05, 0) is 25.0 Å². The molecule has 1 aromatic rings. The molecule has 1 amide bonds. The fraction of sp³-hybridized carbons (Fsp3) is 0.625. The summed E-state index contributed by atoms with van der Waals surface area (Å²) in [6.07, 6.45) is 1.87. The first kappa shape index (κ1) is 19.6. The van der Waals surface area contributed by atoms with Crippen molar-refractivity contribution in [3.63, 3.8) is 0 Å². The second-order valence-electron chi connectivity index (χ2n) is 6.42. The molecule has 0 aromatic carbocycles. The quantitative estimate of drug-likeness (QED) is 0.823. The highest BCUT2D eigenvalue weighted by molar-refractivity contribution is 7.86. The van der Waals surface area contributed by atoms with Crippen LogP contribution >= 0.6 is 0 Å². The minimum absolute atomic E-state index is 0.0107. The third-order valence-corrected chi connectivity index (χ3v) is 5.56. The van der Waals surface area contributed by atoms with Crippen molar-refractivity contribution >= 4 is 16.1 Å². The number of piperazine rings is 1. The summed E-state index contributed by atoms with van der Waals surface area (Å²) < 4.78 is 29.1. The maximum atomic E-state index is 12.7. The van der Waals surface area contributed by atoms with Gasteiger partial charge < -0.3 is 9.32 Å². The third kappa shape index (κ3) is 4.47. The van der Waals surface area contributed by atoms with E-state index in [1.807, 2.05) is 6.92 Å². The van der Waals surface area contributed by atoms with Gasteiger partial charge in [0.1, 0.15) is 11.3 Å². The van der Waals surface area contributed by atoms with Gasteiger partial charge in [0, 0.05) is 32.1 Å². The van der Waals surface area contributed by atoms with E-state index in [0.717, 1.165) is 17.1 Å². The summed E-state index contributed by atoms with van der Waals surface area (Å²) in [5, 5.41) is 5.09. The first-order valence-electron chi connectivity index (χ1n) is 8.37. The molecule has 0 spiro atoms. The van der Waals surface area contributed by atoms with E-state index in [1.54, 1.807) is 13.0 Å². The van der Waals surface area contributed by atoms with E-state index < -0.39 is 21.7 Å². The molecule has 2 heterocycles. The van der Waals surface area contributed by atoms with Crippen LogP contribution in [0, 0.1) is 6.92 Å². The first-order valence-corrected chi connectivity index (χ1v) is 9.87. The Morgan fingerprint density at radius 3 is 2.40 bits per heavy atom. The smallest absolute Gasteiger partial charge is 0.349 e. The summed E-state index contributed by atoms with van der Waals surface area (Å²) in [5.41, 5.74) is -0.0542. The lowest BCUT2D eigenvalue weighted by atomic mass is 10.0. The molecule has 1 atom stereocenters. The van der Waals surface area contributed by atoms with E-state index in [-0.39, 0.29) is 37.7 Å². The van der Waals surface area contributed by atoms with E-state index in [0.29, 0.717) is 11.3 Å². The van der Waals surface area contributed by atoms with Crippen molar-refractivity contribution in [3.05, 3.63) is 33.4 Å². The van der Waals surface area contributed by atoms with Gasteiger partial charge in [-0.1, -0.05) is 20.3 Å². The Labute approximate surface area is 147 Å². The maximum Gasteiger partial charge on any atom is 0.349 e. The number of nitrogens with two attached hydrogens (primary N) is 1. The molecule has 25 heavy (non-hydrogen) atoms. The Bertz CT molecular complexity index is 794.